The van der Waals surface area contributed by atoms with Crippen molar-refractivity contribution in [2.24, 2.45) is 0 Å². The minimum absolute atomic E-state index is 0.428. The molecule has 1 saturated carbocycles. The van der Waals surface area contributed by atoms with Crippen molar-refractivity contribution in [1.29, 1.82) is 0 Å². The molecule has 0 unspecified atom stereocenters. The summed E-state index contributed by atoms with van der Waals surface area (Å²) in [5, 5.41) is 2.82. The van der Waals surface area contributed by atoms with Gasteiger partial charge in [-0.15, -0.1) is 0 Å². The van der Waals surface area contributed by atoms with E-state index in [-0.39, 0.29) is 0 Å². The second-order valence-electron chi connectivity index (χ2n) is 6.95. The van der Waals surface area contributed by atoms with Gasteiger partial charge in [-0.05, 0) is 73.4 Å². The topological polar surface area (TPSA) is 47.6 Å². The highest BCUT2D eigenvalue weighted by Crippen LogP contribution is 2.43. The SMILES string of the molecule is CCc1cc(C)c(OCc2c(NC(=O)OC)cccc2C2CC2)cc1C. The van der Waals surface area contributed by atoms with E-state index in [2.05, 4.69) is 44.3 Å². The summed E-state index contributed by atoms with van der Waals surface area (Å²) in [5.74, 6) is 1.47. The third-order valence-corrected chi connectivity index (χ3v) is 5.04. The monoisotopic (exact) mass is 353 g/mol. The Balaban J connectivity index is 1.87. The lowest BCUT2D eigenvalue weighted by atomic mass is 10.0. The third kappa shape index (κ3) is 4.01. The Morgan fingerprint density at radius 1 is 1.19 bits per heavy atom. The number of anilines is 1. The number of hydrogen-bond acceptors (Lipinski definition) is 3. The third-order valence-electron chi connectivity index (χ3n) is 5.04. The van der Waals surface area contributed by atoms with Crippen molar-refractivity contribution in [2.45, 2.75) is 52.6 Å². The molecule has 1 aliphatic rings. The smallest absolute Gasteiger partial charge is 0.411 e. The first-order valence-corrected chi connectivity index (χ1v) is 9.23. The maximum absolute atomic E-state index is 11.7. The van der Waals surface area contributed by atoms with Crippen molar-refractivity contribution in [3.63, 3.8) is 0 Å². The van der Waals surface area contributed by atoms with Crippen LogP contribution in [-0.4, -0.2) is 13.2 Å². The van der Waals surface area contributed by atoms with Crippen LogP contribution >= 0.6 is 0 Å². The molecule has 0 aliphatic heterocycles. The normalized spacial score (nSPS) is 13.4. The number of hydrogen-bond donors (Lipinski definition) is 1. The van der Waals surface area contributed by atoms with Gasteiger partial charge in [0.05, 0.1) is 12.8 Å². The molecular weight excluding hydrogens is 326 g/mol. The highest BCUT2D eigenvalue weighted by molar-refractivity contribution is 5.86. The van der Waals surface area contributed by atoms with Gasteiger partial charge in [-0.2, -0.15) is 0 Å². The average Bonchev–Trinajstić information content (AvgIpc) is 3.47. The number of carbonyl (C=O) groups is 1. The molecule has 0 radical (unpaired) electrons. The summed E-state index contributed by atoms with van der Waals surface area (Å²) in [4.78, 5) is 11.7. The Hall–Kier alpha value is -2.49. The van der Waals surface area contributed by atoms with E-state index in [4.69, 9.17) is 9.47 Å². The van der Waals surface area contributed by atoms with Gasteiger partial charge in [0.1, 0.15) is 12.4 Å². The zero-order valence-corrected chi connectivity index (χ0v) is 16.0. The van der Waals surface area contributed by atoms with Gasteiger partial charge in [0.25, 0.3) is 0 Å². The van der Waals surface area contributed by atoms with Crippen LogP contribution in [0.2, 0.25) is 0 Å². The van der Waals surface area contributed by atoms with Gasteiger partial charge in [-0.3, -0.25) is 5.32 Å². The van der Waals surface area contributed by atoms with Crippen molar-refractivity contribution in [2.75, 3.05) is 12.4 Å². The van der Waals surface area contributed by atoms with E-state index >= 15 is 0 Å². The molecule has 3 rings (SSSR count). The maximum atomic E-state index is 11.7. The quantitative estimate of drug-likeness (QED) is 0.746. The van der Waals surface area contributed by atoms with Crippen LogP contribution in [0.25, 0.3) is 0 Å². The molecule has 26 heavy (non-hydrogen) atoms. The summed E-state index contributed by atoms with van der Waals surface area (Å²) in [7, 11) is 1.37. The van der Waals surface area contributed by atoms with Gasteiger partial charge in [0.2, 0.25) is 0 Å². The Morgan fingerprint density at radius 2 is 1.96 bits per heavy atom. The predicted molar refractivity (Wildman–Crippen MR) is 104 cm³/mol. The van der Waals surface area contributed by atoms with Crippen molar-refractivity contribution in [3.8, 4) is 5.75 Å². The molecule has 0 atom stereocenters. The fourth-order valence-electron chi connectivity index (χ4n) is 3.36. The number of aryl methyl sites for hydroxylation is 3. The van der Waals surface area contributed by atoms with Gasteiger partial charge >= 0.3 is 6.09 Å². The fourth-order valence-corrected chi connectivity index (χ4v) is 3.36. The van der Waals surface area contributed by atoms with Crippen LogP contribution in [0.3, 0.4) is 0 Å². The molecule has 1 N–H and O–H groups in total. The zero-order chi connectivity index (χ0) is 18.7. The Kier molecular flexibility index (Phi) is 5.50. The second-order valence-corrected chi connectivity index (χ2v) is 6.95. The van der Waals surface area contributed by atoms with E-state index < -0.39 is 6.09 Å². The Morgan fingerprint density at radius 3 is 2.62 bits per heavy atom. The molecule has 4 nitrogen and oxygen atoms in total. The molecule has 138 valence electrons. The molecule has 1 fully saturated rings. The van der Waals surface area contributed by atoms with Crippen molar-refractivity contribution in [3.05, 3.63) is 58.1 Å². The summed E-state index contributed by atoms with van der Waals surface area (Å²) >= 11 is 0. The van der Waals surface area contributed by atoms with E-state index in [1.165, 1.54) is 36.6 Å². The minimum atomic E-state index is -0.460. The summed E-state index contributed by atoms with van der Waals surface area (Å²) in [6.45, 7) is 6.79. The number of carbonyl (C=O) groups excluding carboxylic acids is 1. The lowest BCUT2D eigenvalue weighted by Crippen LogP contribution is -2.14. The Bertz CT molecular complexity index is 809. The van der Waals surface area contributed by atoms with Gasteiger partial charge in [-0.25, -0.2) is 4.79 Å². The summed E-state index contributed by atoms with van der Waals surface area (Å²) in [6.07, 6.45) is 2.94. The number of methoxy groups -OCH3 is 1. The molecule has 0 bridgehead atoms. The predicted octanol–water partition coefficient (Wildman–Crippen LogP) is 5.50. The molecule has 1 amide bonds. The van der Waals surface area contributed by atoms with Crippen LogP contribution in [0.4, 0.5) is 10.5 Å². The fraction of sp³-hybridized carbons (Fsp3) is 0.409. The second kappa shape index (κ2) is 7.81. The van der Waals surface area contributed by atoms with Crippen LogP contribution in [0, 0.1) is 13.8 Å². The number of nitrogens with one attached hydrogen (secondary N) is 1. The summed E-state index contributed by atoms with van der Waals surface area (Å²) in [6, 6.07) is 10.3. The van der Waals surface area contributed by atoms with Crippen LogP contribution in [0.1, 0.15) is 53.5 Å². The average molecular weight is 353 g/mol. The van der Waals surface area contributed by atoms with Gasteiger partial charge in [-0.1, -0.05) is 25.1 Å². The lowest BCUT2D eigenvalue weighted by molar-refractivity contribution is 0.187. The number of amides is 1. The van der Waals surface area contributed by atoms with E-state index in [1.807, 2.05) is 12.1 Å². The van der Waals surface area contributed by atoms with Crippen LogP contribution in [0.5, 0.6) is 5.75 Å². The lowest BCUT2D eigenvalue weighted by Gasteiger charge is -2.18. The molecule has 2 aromatic rings. The number of ether oxygens (including phenoxy) is 2. The summed E-state index contributed by atoms with van der Waals surface area (Å²) in [5.41, 5.74) is 6.80. The number of benzene rings is 2. The molecule has 4 heteroatoms. The van der Waals surface area contributed by atoms with Crippen LogP contribution in [0.15, 0.2) is 30.3 Å². The van der Waals surface area contributed by atoms with E-state index in [0.717, 1.165) is 29.0 Å². The van der Waals surface area contributed by atoms with Crippen LogP contribution < -0.4 is 10.1 Å². The molecule has 0 heterocycles. The van der Waals surface area contributed by atoms with E-state index in [0.29, 0.717) is 12.5 Å². The molecule has 2 aromatic carbocycles. The highest BCUT2D eigenvalue weighted by atomic mass is 16.5. The first-order valence-electron chi connectivity index (χ1n) is 9.23. The Labute approximate surface area is 155 Å². The van der Waals surface area contributed by atoms with E-state index in [9.17, 15) is 4.79 Å². The van der Waals surface area contributed by atoms with E-state index in [1.54, 1.807) is 0 Å². The van der Waals surface area contributed by atoms with Crippen molar-refractivity contribution in [1.82, 2.24) is 0 Å². The first kappa shape index (κ1) is 18.3. The van der Waals surface area contributed by atoms with Gasteiger partial charge in [0, 0.05) is 5.56 Å². The summed E-state index contributed by atoms with van der Waals surface area (Å²) < 4.78 is 10.9. The largest absolute Gasteiger partial charge is 0.489 e. The molecular formula is C22H27NO3. The molecule has 0 aromatic heterocycles. The maximum Gasteiger partial charge on any atom is 0.411 e. The van der Waals surface area contributed by atoms with Gasteiger partial charge < -0.3 is 9.47 Å². The molecule has 0 spiro atoms. The van der Waals surface area contributed by atoms with Crippen molar-refractivity contribution >= 4 is 11.8 Å². The zero-order valence-electron chi connectivity index (χ0n) is 16.0. The van der Waals surface area contributed by atoms with Gasteiger partial charge in [0.15, 0.2) is 0 Å². The van der Waals surface area contributed by atoms with Crippen molar-refractivity contribution < 1.29 is 14.3 Å². The van der Waals surface area contributed by atoms with Crippen LogP contribution in [-0.2, 0) is 17.8 Å². The molecule has 0 saturated heterocycles. The standard InChI is InChI=1S/C22H27NO3/c1-5-16-11-15(3)21(12-14(16)2)26-13-19-18(17-9-10-17)7-6-8-20(19)23-22(24)25-4/h6-8,11-12,17H,5,9-10,13H2,1-4H3,(H,23,24). The highest BCUT2D eigenvalue weighted by Gasteiger charge is 2.27. The molecule has 1 aliphatic carbocycles. The minimum Gasteiger partial charge on any atom is -0.489 e. The first-order chi connectivity index (χ1) is 12.5. The number of rotatable bonds is 6.